The van der Waals surface area contributed by atoms with Gasteiger partial charge >= 0.3 is 0 Å². The number of aromatic nitrogens is 2. The maximum Gasteiger partial charge on any atom is 0.262 e. The first-order valence-corrected chi connectivity index (χ1v) is 5.40. The number of nitrogen functional groups attached to an aromatic ring is 1. The van der Waals surface area contributed by atoms with Gasteiger partial charge in [0.1, 0.15) is 5.75 Å². The molecule has 0 aliphatic heterocycles. The molecule has 94 valence electrons. The van der Waals surface area contributed by atoms with Gasteiger partial charge in [0.05, 0.1) is 11.9 Å². The molecule has 0 aliphatic carbocycles. The third-order valence-electron chi connectivity index (χ3n) is 2.24. The summed E-state index contributed by atoms with van der Waals surface area (Å²) in [5, 5.41) is 6.62. The topological polar surface area (TPSA) is 82.2 Å². The van der Waals surface area contributed by atoms with Gasteiger partial charge in [-0.25, -0.2) is 0 Å². The molecular formula is C12H14N4O2. The quantitative estimate of drug-likeness (QED) is 0.789. The Morgan fingerprint density at radius 1 is 1.44 bits per heavy atom. The van der Waals surface area contributed by atoms with Crippen LogP contribution in [0, 0.1) is 0 Å². The van der Waals surface area contributed by atoms with Crippen LogP contribution in [-0.4, -0.2) is 22.3 Å². The predicted octanol–water partition coefficient (Wildman–Crippen LogP) is 1.02. The fraction of sp³-hybridized carbons (Fsp3) is 0.167. The summed E-state index contributed by atoms with van der Waals surface area (Å²) in [5.41, 5.74) is 6.84. The highest BCUT2D eigenvalue weighted by Crippen LogP contribution is 2.13. The van der Waals surface area contributed by atoms with E-state index in [1.807, 2.05) is 0 Å². The second kappa shape index (κ2) is 5.22. The number of hydrogen-bond donors (Lipinski definition) is 2. The molecule has 0 bridgehead atoms. The zero-order valence-corrected chi connectivity index (χ0v) is 9.96. The van der Waals surface area contributed by atoms with Gasteiger partial charge in [-0.2, -0.15) is 5.10 Å². The Morgan fingerprint density at radius 2 is 2.17 bits per heavy atom. The van der Waals surface area contributed by atoms with Crippen LogP contribution in [0.2, 0.25) is 0 Å². The molecular weight excluding hydrogens is 232 g/mol. The molecule has 6 nitrogen and oxygen atoms in total. The van der Waals surface area contributed by atoms with Gasteiger partial charge in [0.15, 0.2) is 6.61 Å². The van der Waals surface area contributed by atoms with Crippen molar-refractivity contribution in [2.75, 3.05) is 17.7 Å². The highest BCUT2D eigenvalue weighted by molar-refractivity contribution is 5.91. The van der Waals surface area contributed by atoms with Gasteiger partial charge < -0.3 is 15.8 Å². The first-order valence-electron chi connectivity index (χ1n) is 5.40. The third kappa shape index (κ3) is 3.24. The first kappa shape index (κ1) is 12.0. The number of rotatable bonds is 4. The molecule has 0 unspecified atom stereocenters. The number of hydrogen-bond acceptors (Lipinski definition) is 4. The third-order valence-corrected chi connectivity index (χ3v) is 2.24. The SMILES string of the molecule is Cn1cc(NC(=O)COc2ccc(N)cc2)cn1. The highest BCUT2D eigenvalue weighted by atomic mass is 16.5. The summed E-state index contributed by atoms with van der Waals surface area (Å²) in [6.07, 6.45) is 3.28. The normalized spacial score (nSPS) is 10.1. The largest absolute Gasteiger partial charge is 0.484 e. The summed E-state index contributed by atoms with van der Waals surface area (Å²) >= 11 is 0. The van der Waals surface area contributed by atoms with Crippen molar-refractivity contribution in [3.05, 3.63) is 36.7 Å². The van der Waals surface area contributed by atoms with Gasteiger partial charge in [-0.05, 0) is 24.3 Å². The van der Waals surface area contributed by atoms with E-state index in [0.29, 0.717) is 17.1 Å². The Balaban J connectivity index is 1.83. The molecule has 2 rings (SSSR count). The second-order valence-corrected chi connectivity index (χ2v) is 3.81. The van der Waals surface area contributed by atoms with Crippen molar-refractivity contribution < 1.29 is 9.53 Å². The highest BCUT2D eigenvalue weighted by Gasteiger charge is 2.04. The summed E-state index contributed by atoms with van der Waals surface area (Å²) in [4.78, 5) is 11.6. The fourth-order valence-corrected chi connectivity index (χ4v) is 1.40. The van der Waals surface area contributed by atoms with E-state index in [1.165, 1.54) is 0 Å². The monoisotopic (exact) mass is 246 g/mol. The van der Waals surface area contributed by atoms with Crippen molar-refractivity contribution in [3.8, 4) is 5.75 Å². The maximum absolute atomic E-state index is 11.6. The van der Waals surface area contributed by atoms with Crippen LogP contribution >= 0.6 is 0 Å². The van der Waals surface area contributed by atoms with Crippen LogP contribution in [0.1, 0.15) is 0 Å². The van der Waals surface area contributed by atoms with Gasteiger partial charge in [-0.3, -0.25) is 9.48 Å². The molecule has 0 fully saturated rings. The van der Waals surface area contributed by atoms with Crippen molar-refractivity contribution in [1.29, 1.82) is 0 Å². The van der Waals surface area contributed by atoms with E-state index >= 15 is 0 Å². The molecule has 6 heteroatoms. The summed E-state index contributed by atoms with van der Waals surface area (Å²) in [6, 6.07) is 6.86. The minimum absolute atomic E-state index is 0.0567. The fourth-order valence-electron chi connectivity index (χ4n) is 1.40. The zero-order valence-electron chi connectivity index (χ0n) is 9.96. The molecule has 0 atom stereocenters. The average Bonchev–Trinajstić information content (AvgIpc) is 2.74. The molecule has 1 heterocycles. The zero-order chi connectivity index (χ0) is 13.0. The number of ether oxygens (including phenoxy) is 1. The average molecular weight is 246 g/mol. The van der Waals surface area contributed by atoms with Crippen LogP contribution in [-0.2, 0) is 11.8 Å². The van der Waals surface area contributed by atoms with Crippen molar-refractivity contribution in [1.82, 2.24) is 9.78 Å². The minimum atomic E-state index is -0.236. The molecule has 0 saturated carbocycles. The number of aryl methyl sites for hydroxylation is 1. The summed E-state index contributed by atoms with van der Waals surface area (Å²) < 4.78 is 6.91. The van der Waals surface area contributed by atoms with Crippen LogP contribution in [0.25, 0.3) is 0 Å². The molecule has 0 radical (unpaired) electrons. The van der Waals surface area contributed by atoms with Gasteiger partial charge in [-0.15, -0.1) is 0 Å². The summed E-state index contributed by atoms with van der Waals surface area (Å²) in [7, 11) is 1.78. The minimum Gasteiger partial charge on any atom is -0.484 e. The smallest absolute Gasteiger partial charge is 0.262 e. The summed E-state index contributed by atoms with van der Waals surface area (Å²) in [5.74, 6) is 0.366. The Kier molecular flexibility index (Phi) is 3.47. The van der Waals surface area contributed by atoms with Crippen LogP contribution in [0.5, 0.6) is 5.75 Å². The van der Waals surface area contributed by atoms with Gasteiger partial charge in [0.25, 0.3) is 5.91 Å². The number of carbonyl (C=O) groups is 1. The van der Waals surface area contributed by atoms with E-state index in [1.54, 1.807) is 48.4 Å². The molecule has 1 amide bonds. The Bertz CT molecular complexity index is 533. The Labute approximate surface area is 104 Å². The van der Waals surface area contributed by atoms with Crippen LogP contribution in [0.3, 0.4) is 0 Å². The standard InChI is InChI=1S/C12H14N4O2/c1-16-7-10(6-14-16)15-12(17)8-18-11-4-2-9(13)3-5-11/h2-7H,8,13H2,1H3,(H,15,17). The predicted molar refractivity (Wildman–Crippen MR) is 68.2 cm³/mol. The van der Waals surface area contributed by atoms with Gasteiger partial charge in [0.2, 0.25) is 0 Å². The molecule has 0 spiro atoms. The van der Waals surface area contributed by atoms with E-state index < -0.39 is 0 Å². The van der Waals surface area contributed by atoms with Gasteiger partial charge in [0, 0.05) is 18.9 Å². The lowest BCUT2D eigenvalue weighted by Gasteiger charge is -2.06. The van der Waals surface area contributed by atoms with E-state index in [9.17, 15) is 4.79 Å². The molecule has 3 N–H and O–H groups in total. The van der Waals surface area contributed by atoms with Crippen LogP contribution in [0.4, 0.5) is 11.4 Å². The number of amides is 1. The van der Waals surface area contributed by atoms with Crippen molar-refractivity contribution in [2.24, 2.45) is 7.05 Å². The maximum atomic E-state index is 11.6. The molecule has 0 saturated heterocycles. The number of carbonyl (C=O) groups excluding carboxylic acids is 1. The van der Waals surface area contributed by atoms with Crippen molar-refractivity contribution in [3.63, 3.8) is 0 Å². The molecule has 1 aromatic carbocycles. The van der Waals surface area contributed by atoms with E-state index in [-0.39, 0.29) is 12.5 Å². The second-order valence-electron chi connectivity index (χ2n) is 3.81. The number of nitrogens with two attached hydrogens (primary N) is 1. The lowest BCUT2D eigenvalue weighted by molar-refractivity contribution is -0.118. The van der Waals surface area contributed by atoms with E-state index in [2.05, 4.69) is 10.4 Å². The van der Waals surface area contributed by atoms with Crippen LogP contribution in [0.15, 0.2) is 36.7 Å². The summed E-state index contributed by atoms with van der Waals surface area (Å²) in [6.45, 7) is -0.0567. The Hall–Kier alpha value is -2.50. The number of anilines is 2. The lowest BCUT2D eigenvalue weighted by Crippen LogP contribution is -2.19. The van der Waals surface area contributed by atoms with E-state index in [0.717, 1.165) is 0 Å². The Morgan fingerprint density at radius 3 is 2.78 bits per heavy atom. The molecule has 1 aromatic heterocycles. The first-order chi connectivity index (χ1) is 8.63. The number of benzene rings is 1. The number of nitrogens with one attached hydrogen (secondary N) is 1. The molecule has 2 aromatic rings. The molecule has 18 heavy (non-hydrogen) atoms. The lowest BCUT2D eigenvalue weighted by atomic mass is 10.3. The number of nitrogens with zero attached hydrogens (tertiary/aromatic N) is 2. The van der Waals surface area contributed by atoms with Crippen molar-refractivity contribution >= 4 is 17.3 Å². The van der Waals surface area contributed by atoms with Crippen LogP contribution < -0.4 is 15.8 Å². The molecule has 0 aliphatic rings. The van der Waals surface area contributed by atoms with Crippen molar-refractivity contribution in [2.45, 2.75) is 0 Å². The van der Waals surface area contributed by atoms with E-state index in [4.69, 9.17) is 10.5 Å². The van der Waals surface area contributed by atoms with Gasteiger partial charge in [-0.1, -0.05) is 0 Å².